The van der Waals surface area contributed by atoms with E-state index in [-0.39, 0.29) is 0 Å². The second kappa shape index (κ2) is 5.02. The molecule has 1 heterocycles. The maximum absolute atomic E-state index is 5.25. The van der Waals surface area contributed by atoms with Gasteiger partial charge in [0.2, 0.25) is 0 Å². The molecule has 0 atom stereocenters. The summed E-state index contributed by atoms with van der Waals surface area (Å²) in [4.78, 5) is 11.8. The second-order valence-corrected chi connectivity index (χ2v) is 3.09. The number of ether oxygens (including phenoxy) is 1. The van der Waals surface area contributed by atoms with Crippen LogP contribution in [0, 0.1) is 0 Å². The fourth-order valence-corrected chi connectivity index (χ4v) is 1.28. The van der Waals surface area contributed by atoms with Crippen LogP contribution in [0.2, 0.25) is 0 Å². The molecule has 0 aliphatic rings. The van der Waals surface area contributed by atoms with Crippen molar-refractivity contribution in [2.24, 2.45) is 0 Å². The molecule has 16 heavy (non-hydrogen) atoms. The Balaban J connectivity index is 2.34. The van der Waals surface area contributed by atoms with Crippen molar-refractivity contribution in [2.75, 3.05) is 7.11 Å². The fourth-order valence-electron chi connectivity index (χ4n) is 1.28. The molecule has 0 aliphatic carbocycles. The van der Waals surface area contributed by atoms with Crippen LogP contribution in [0.5, 0.6) is 0 Å². The van der Waals surface area contributed by atoms with Gasteiger partial charge in [0.25, 0.3) is 0 Å². The third-order valence-corrected chi connectivity index (χ3v) is 2.03. The zero-order valence-electron chi connectivity index (χ0n) is 8.87. The summed E-state index contributed by atoms with van der Waals surface area (Å²) < 4.78 is 5.25. The van der Waals surface area contributed by atoms with Crippen LogP contribution in [-0.4, -0.2) is 22.1 Å². The van der Waals surface area contributed by atoms with Crippen molar-refractivity contribution in [1.29, 1.82) is 0 Å². The summed E-state index contributed by atoms with van der Waals surface area (Å²) in [5, 5.41) is 0. The van der Waals surface area contributed by atoms with Gasteiger partial charge in [0.05, 0.1) is 7.11 Å². The second-order valence-electron chi connectivity index (χ2n) is 3.09. The van der Waals surface area contributed by atoms with Crippen molar-refractivity contribution in [3.8, 4) is 0 Å². The van der Waals surface area contributed by atoms with Crippen molar-refractivity contribution in [3.05, 3.63) is 54.4 Å². The average molecular weight is 213 g/mol. The molecule has 0 amide bonds. The molecule has 80 valence electrons. The van der Waals surface area contributed by atoms with E-state index in [0.717, 1.165) is 5.56 Å². The lowest BCUT2D eigenvalue weighted by molar-refractivity contribution is 0.368. The van der Waals surface area contributed by atoms with Crippen LogP contribution in [0.4, 0.5) is 0 Å². The van der Waals surface area contributed by atoms with E-state index in [2.05, 4.69) is 15.0 Å². The van der Waals surface area contributed by atoms with Gasteiger partial charge in [-0.25, -0.2) is 15.0 Å². The van der Waals surface area contributed by atoms with E-state index in [1.165, 1.54) is 12.7 Å². The standard InChI is InChI=1S/C12H11N3O/c1-16-11(12-14-8-13-9-15-12)7-10-5-3-2-4-6-10/h2-9H,1H3. The lowest BCUT2D eigenvalue weighted by Gasteiger charge is -2.03. The highest BCUT2D eigenvalue weighted by Gasteiger charge is 2.03. The molecule has 4 heteroatoms. The molecular formula is C12H11N3O. The smallest absolute Gasteiger partial charge is 0.197 e. The van der Waals surface area contributed by atoms with Gasteiger partial charge < -0.3 is 4.74 Å². The molecule has 4 nitrogen and oxygen atoms in total. The van der Waals surface area contributed by atoms with Crippen LogP contribution in [0.1, 0.15) is 11.4 Å². The monoisotopic (exact) mass is 213 g/mol. The minimum atomic E-state index is 0.529. The summed E-state index contributed by atoms with van der Waals surface area (Å²) in [5.74, 6) is 1.15. The average Bonchev–Trinajstić information content (AvgIpc) is 2.38. The number of nitrogens with zero attached hydrogens (tertiary/aromatic N) is 3. The number of rotatable bonds is 3. The summed E-state index contributed by atoms with van der Waals surface area (Å²) in [7, 11) is 1.60. The molecule has 2 rings (SSSR count). The van der Waals surface area contributed by atoms with E-state index in [1.807, 2.05) is 36.4 Å². The highest BCUT2D eigenvalue weighted by Crippen LogP contribution is 2.14. The molecule has 0 bridgehead atoms. The van der Waals surface area contributed by atoms with Crippen molar-refractivity contribution >= 4 is 11.8 Å². The van der Waals surface area contributed by atoms with Gasteiger partial charge in [-0.05, 0) is 11.6 Å². The summed E-state index contributed by atoms with van der Waals surface area (Å²) in [6.45, 7) is 0. The minimum absolute atomic E-state index is 0.529. The molecule has 1 aromatic heterocycles. The first-order valence-electron chi connectivity index (χ1n) is 4.83. The SMILES string of the molecule is COC(=Cc1ccccc1)c1ncncn1. The molecule has 2 aromatic rings. The van der Waals surface area contributed by atoms with Gasteiger partial charge in [-0.15, -0.1) is 0 Å². The summed E-state index contributed by atoms with van der Waals surface area (Å²) in [6, 6.07) is 9.87. The van der Waals surface area contributed by atoms with E-state index in [0.29, 0.717) is 11.6 Å². The first kappa shape index (κ1) is 10.3. The van der Waals surface area contributed by atoms with E-state index in [1.54, 1.807) is 7.11 Å². The van der Waals surface area contributed by atoms with Crippen LogP contribution in [0.15, 0.2) is 43.0 Å². The largest absolute Gasteiger partial charge is 0.493 e. The first-order valence-corrected chi connectivity index (χ1v) is 4.83. The number of hydrogen-bond donors (Lipinski definition) is 0. The summed E-state index contributed by atoms with van der Waals surface area (Å²) in [5.41, 5.74) is 1.04. The third-order valence-electron chi connectivity index (χ3n) is 2.03. The topological polar surface area (TPSA) is 47.9 Å². The molecule has 0 saturated carbocycles. The Labute approximate surface area is 93.7 Å². The number of benzene rings is 1. The molecule has 0 aliphatic heterocycles. The van der Waals surface area contributed by atoms with Crippen molar-refractivity contribution in [1.82, 2.24) is 15.0 Å². The molecule has 0 fully saturated rings. The molecule has 0 saturated heterocycles. The van der Waals surface area contributed by atoms with Gasteiger partial charge in [-0.1, -0.05) is 30.3 Å². The lowest BCUT2D eigenvalue weighted by Crippen LogP contribution is -1.95. The Bertz CT molecular complexity index is 468. The normalized spacial score (nSPS) is 11.2. The zero-order valence-corrected chi connectivity index (χ0v) is 8.87. The van der Waals surface area contributed by atoms with Gasteiger partial charge in [-0.2, -0.15) is 0 Å². The number of aromatic nitrogens is 3. The molecular weight excluding hydrogens is 202 g/mol. The highest BCUT2D eigenvalue weighted by atomic mass is 16.5. The van der Waals surface area contributed by atoms with E-state index >= 15 is 0 Å². The maximum Gasteiger partial charge on any atom is 0.197 e. The minimum Gasteiger partial charge on any atom is -0.493 e. The van der Waals surface area contributed by atoms with E-state index < -0.39 is 0 Å². The Morgan fingerprint density at radius 2 is 1.81 bits per heavy atom. The highest BCUT2D eigenvalue weighted by molar-refractivity contribution is 5.73. The molecule has 0 radical (unpaired) electrons. The third kappa shape index (κ3) is 2.42. The van der Waals surface area contributed by atoms with Crippen LogP contribution in [0.25, 0.3) is 11.8 Å². The number of methoxy groups -OCH3 is 1. The van der Waals surface area contributed by atoms with Gasteiger partial charge in [0.15, 0.2) is 11.6 Å². The Kier molecular flexibility index (Phi) is 3.23. The fraction of sp³-hybridized carbons (Fsp3) is 0.0833. The van der Waals surface area contributed by atoms with Crippen LogP contribution < -0.4 is 0 Å². The van der Waals surface area contributed by atoms with E-state index in [4.69, 9.17) is 4.74 Å². The number of hydrogen-bond acceptors (Lipinski definition) is 4. The Morgan fingerprint density at radius 1 is 1.12 bits per heavy atom. The van der Waals surface area contributed by atoms with Crippen LogP contribution in [0.3, 0.4) is 0 Å². The van der Waals surface area contributed by atoms with Gasteiger partial charge in [0, 0.05) is 0 Å². The van der Waals surface area contributed by atoms with Crippen molar-refractivity contribution in [3.63, 3.8) is 0 Å². The molecule has 0 N–H and O–H groups in total. The van der Waals surface area contributed by atoms with Gasteiger partial charge in [0.1, 0.15) is 12.7 Å². The summed E-state index contributed by atoms with van der Waals surface area (Å²) >= 11 is 0. The van der Waals surface area contributed by atoms with Crippen LogP contribution >= 0.6 is 0 Å². The molecule has 1 aromatic carbocycles. The van der Waals surface area contributed by atoms with Gasteiger partial charge in [-0.3, -0.25) is 0 Å². The quantitative estimate of drug-likeness (QED) is 0.732. The summed E-state index contributed by atoms with van der Waals surface area (Å²) in [6.07, 6.45) is 4.77. The molecule has 0 unspecified atom stereocenters. The first-order chi connectivity index (χ1) is 7.90. The molecule has 0 spiro atoms. The van der Waals surface area contributed by atoms with Crippen molar-refractivity contribution < 1.29 is 4.74 Å². The lowest BCUT2D eigenvalue weighted by atomic mass is 10.2. The Morgan fingerprint density at radius 3 is 2.44 bits per heavy atom. The zero-order chi connectivity index (χ0) is 11.2. The van der Waals surface area contributed by atoms with E-state index in [9.17, 15) is 0 Å². The van der Waals surface area contributed by atoms with Gasteiger partial charge >= 0.3 is 0 Å². The predicted octanol–water partition coefficient (Wildman–Crippen LogP) is 2.02. The van der Waals surface area contributed by atoms with Crippen LogP contribution in [-0.2, 0) is 4.74 Å². The Hall–Kier alpha value is -2.23. The van der Waals surface area contributed by atoms with Crippen molar-refractivity contribution in [2.45, 2.75) is 0 Å². The predicted molar refractivity (Wildman–Crippen MR) is 61.1 cm³/mol. The maximum atomic E-state index is 5.25.